The first kappa shape index (κ1) is 18.1. The maximum Gasteiger partial charge on any atom is 0.221 e. The number of nitrogens with zero attached hydrogens (tertiary/aromatic N) is 5. The number of aromatic nitrogens is 4. The molecule has 3 heterocycles. The molecule has 7 heteroatoms. The fourth-order valence-corrected chi connectivity index (χ4v) is 4.35. The smallest absolute Gasteiger partial charge is 0.221 e. The molecule has 1 aliphatic heterocycles. The third-order valence-corrected chi connectivity index (χ3v) is 6.01. The van der Waals surface area contributed by atoms with E-state index in [9.17, 15) is 4.79 Å². The zero-order chi connectivity index (χ0) is 18.6. The summed E-state index contributed by atoms with van der Waals surface area (Å²) in [6.45, 7) is 1.12. The Labute approximate surface area is 160 Å². The first-order valence-electron chi connectivity index (χ1n) is 9.99. The lowest BCUT2D eigenvalue weighted by molar-refractivity contribution is -0.123. The molecular formula is C20H28N6O. The SMILES string of the molecule is CN1CCCC1CC(=O)NC1CCC(n2cc(-c3ccncn3)cn2)CC1. The van der Waals surface area contributed by atoms with Gasteiger partial charge in [0.1, 0.15) is 6.33 Å². The normalized spacial score (nSPS) is 26.2. The van der Waals surface area contributed by atoms with Crippen LogP contribution in [0.15, 0.2) is 31.0 Å². The minimum Gasteiger partial charge on any atom is -0.353 e. The van der Waals surface area contributed by atoms with Crippen molar-refractivity contribution in [2.24, 2.45) is 0 Å². The first-order chi connectivity index (χ1) is 13.2. The summed E-state index contributed by atoms with van der Waals surface area (Å²) in [6, 6.07) is 3.02. The molecule has 2 aromatic rings. The van der Waals surface area contributed by atoms with Crippen molar-refractivity contribution in [1.82, 2.24) is 30.0 Å². The van der Waals surface area contributed by atoms with Crippen LogP contribution in [-0.4, -0.2) is 56.2 Å². The molecule has 1 saturated heterocycles. The van der Waals surface area contributed by atoms with E-state index in [4.69, 9.17) is 0 Å². The number of carbonyl (C=O) groups excluding carboxylic acids is 1. The Morgan fingerprint density at radius 3 is 2.81 bits per heavy atom. The van der Waals surface area contributed by atoms with E-state index in [-0.39, 0.29) is 5.91 Å². The molecule has 4 rings (SSSR count). The average molecular weight is 368 g/mol. The number of likely N-dealkylation sites (tertiary alicyclic amines) is 1. The van der Waals surface area contributed by atoms with Crippen molar-refractivity contribution in [2.45, 2.75) is 63.1 Å². The summed E-state index contributed by atoms with van der Waals surface area (Å²) in [5.74, 6) is 0.210. The molecule has 1 saturated carbocycles. The second kappa shape index (κ2) is 8.17. The molecule has 1 N–H and O–H groups in total. The van der Waals surface area contributed by atoms with E-state index >= 15 is 0 Å². The molecule has 7 nitrogen and oxygen atoms in total. The largest absolute Gasteiger partial charge is 0.353 e. The summed E-state index contributed by atoms with van der Waals surface area (Å²) in [5.41, 5.74) is 1.92. The zero-order valence-corrected chi connectivity index (χ0v) is 15.9. The lowest BCUT2D eigenvalue weighted by Crippen LogP contribution is -2.40. The molecule has 1 unspecified atom stereocenters. The summed E-state index contributed by atoms with van der Waals surface area (Å²) in [7, 11) is 2.12. The maximum absolute atomic E-state index is 12.4. The monoisotopic (exact) mass is 368 g/mol. The Balaban J connectivity index is 1.27. The molecule has 2 aliphatic rings. The molecule has 1 amide bonds. The van der Waals surface area contributed by atoms with Crippen molar-refractivity contribution in [3.05, 3.63) is 31.0 Å². The van der Waals surface area contributed by atoms with Gasteiger partial charge in [-0.05, 0) is 58.2 Å². The van der Waals surface area contributed by atoms with E-state index < -0.39 is 0 Å². The fraction of sp³-hybridized carbons (Fsp3) is 0.600. The fourth-order valence-electron chi connectivity index (χ4n) is 4.35. The standard InChI is InChI=1S/C20H28N6O/c1-25-10-2-3-18(25)11-20(27)24-16-4-6-17(7-5-16)26-13-15(12-23-26)19-8-9-21-14-22-19/h8-9,12-14,16-18H,2-7,10-11H2,1H3,(H,24,27). The van der Waals surface area contributed by atoms with E-state index in [1.807, 2.05) is 12.3 Å². The number of rotatable bonds is 5. The average Bonchev–Trinajstić information content (AvgIpc) is 3.33. The van der Waals surface area contributed by atoms with Crippen LogP contribution in [0.25, 0.3) is 11.3 Å². The van der Waals surface area contributed by atoms with Crippen LogP contribution in [0.1, 0.15) is 51.0 Å². The Morgan fingerprint density at radius 1 is 1.26 bits per heavy atom. The van der Waals surface area contributed by atoms with Crippen molar-refractivity contribution < 1.29 is 4.79 Å². The highest BCUT2D eigenvalue weighted by Crippen LogP contribution is 2.29. The number of hydrogen-bond acceptors (Lipinski definition) is 5. The molecule has 0 radical (unpaired) electrons. The second-order valence-corrected chi connectivity index (χ2v) is 7.86. The number of hydrogen-bond donors (Lipinski definition) is 1. The van der Waals surface area contributed by atoms with Gasteiger partial charge in [0, 0.05) is 36.5 Å². The Kier molecular flexibility index (Phi) is 5.48. The minimum absolute atomic E-state index is 0.210. The van der Waals surface area contributed by atoms with Gasteiger partial charge in [0.05, 0.1) is 17.9 Å². The third kappa shape index (κ3) is 4.35. The van der Waals surface area contributed by atoms with Crippen LogP contribution < -0.4 is 5.32 Å². The molecule has 1 aliphatic carbocycles. The highest BCUT2D eigenvalue weighted by atomic mass is 16.1. The molecule has 144 valence electrons. The van der Waals surface area contributed by atoms with Gasteiger partial charge in [0.25, 0.3) is 0 Å². The maximum atomic E-state index is 12.4. The van der Waals surface area contributed by atoms with Gasteiger partial charge in [0.15, 0.2) is 0 Å². The Hall–Kier alpha value is -2.28. The quantitative estimate of drug-likeness (QED) is 0.877. The number of amides is 1. The molecule has 2 fully saturated rings. The molecule has 0 aromatic carbocycles. The molecule has 0 spiro atoms. The summed E-state index contributed by atoms with van der Waals surface area (Å²) < 4.78 is 2.06. The number of nitrogens with one attached hydrogen (secondary N) is 1. The summed E-state index contributed by atoms with van der Waals surface area (Å²) in [4.78, 5) is 22.9. The van der Waals surface area contributed by atoms with Gasteiger partial charge in [-0.25, -0.2) is 9.97 Å². The Bertz CT molecular complexity index is 753. The number of carbonyl (C=O) groups is 1. The van der Waals surface area contributed by atoms with E-state index in [1.165, 1.54) is 6.42 Å². The van der Waals surface area contributed by atoms with E-state index in [2.05, 4.69) is 43.2 Å². The lowest BCUT2D eigenvalue weighted by Gasteiger charge is -2.30. The van der Waals surface area contributed by atoms with Crippen molar-refractivity contribution >= 4 is 5.91 Å². The molecule has 27 heavy (non-hydrogen) atoms. The van der Waals surface area contributed by atoms with E-state index in [1.54, 1.807) is 12.5 Å². The third-order valence-electron chi connectivity index (χ3n) is 6.01. The molecule has 1 atom stereocenters. The highest BCUT2D eigenvalue weighted by molar-refractivity contribution is 5.77. The van der Waals surface area contributed by atoms with Crippen LogP contribution in [0.3, 0.4) is 0 Å². The van der Waals surface area contributed by atoms with Crippen LogP contribution in [0.2, 0.25) is 0 Å². The highest BCUT2D eigenvalue weighted by Gasteiger charge is 2.27. The van der Waals surface area contributed by atoms with Crippen LogP contribution in [0, 0.1) is 0 Å². The van der Waals surface area contributed by atoms with Crippen molar-refractivity contribution in [3.8, 4) is 11.3 Å². The van der Waals surface area contributed by atoms with Gasteiger partial charge < -0.3 is 10.2 Å². The van der Waals surface area contributed by atoms with Crippen LogP contribution in [0.5, 0.6) is 0 Å². The lowest BCUT2D eigenvalue weighted by atomic mass is 9.91. The van der Waals surface area contributed by atoms with E-state index in [0.717, 1.165) is 49.9 Å². The van der Waals surface area contributed by atoms with Crippen LogP contribution in [-0.2, 0) is 4.79 Å². The molecule has 2 aromatic heterocycles. The summed E-state index contributed by atoms with van der Waals surface area (Å²) in [5, 5.41) is 7.80. The Morgan fingerprint density at radius 2 is 2.11 bits per heavy atom. The summed E-state index contributed by atoms with van der Waals surface area (Å²) in [6.07, 6.45) is 14.3. The first-order valence-corrected chi connectivity index (χ1v) is 9.99. The van der Waals surface area contributed by atoms with Gasteiger partial charge >= 0.3 is 0 Å². The minimum atomic E-state index is 0.210. The van der Waals surface area contributed by atoms with E-state index in [0.29, 0.717) is 24.5 Å². The predicted molar refractivity (Wildman–Crippen MR) is 103 cm³/mol. The molecule has 0 bridgehead atoms. The van der Waals surface area contributed by atoms with Crippen molar-refractivity contribution in [1.29, 1.82) is 0 Å². The van der Waals surface area contributed by atoms with Crippen molar-refractivity contribution in [2.75, 3.05) is 13.6 Å². The van der Waals surface area contributed by atoms with Crippen LogP contribution >= 0.6 is 0 Å². The van der Waals surface area contributed by atoms with Gasteiger partial charge in [0.2, 0.25) is 5.91 Å². The van der Waals surface area contributed by atoms with Crippen LogP contribution in [0.4, 0.5) is 0 Å². The second-order valence-electron chi connectivity index (χ2n) is 7.86. The van der Waals surface area contributed by atoms with Gasteiger partial charge in [-0.1, -0.05) is 0 Å². The van der Waals surface area contributed by atoms with Gasteiger partial charge in [-0.2, -0.15) is 5.10 Å². The predicted octanol–water partition coefficient (Wildman–Crippen LogP) is 2.42. The molecular weight excluding hydrogens is 340 g/mol. The van der Waals surface area contributed by atoms with Crippen molar-refractivity contribution in [3.63, 3.8) is 0 Å². The zero-order valence-electron chi connectivity index (χ0n) is 15.9. The van der Waals surface area contributed by atoms with Gasteiger partial charge in [-0.3, -0.25) is 9.48 Å². The topological polar surface area (TPSA) is 75.9 Å². The van der Waals surface area contributed by atoms with Gasteiger partial charge in [-0.15, -0.1) is 0 Å². The summed E-state index contributed by atoms with van der Waals surface area (Å²) >= 11 is 0.